The van der Waals surface area contributed by atoms with E-state index in [1.807, 2.05) is 6.92 Å². The minimum atomic E-state index is -0.966. The first kappa shape index (κ1) is 12.2. The van der Waals surface area contributed by atoms with Crippen molar-refractivity contribution in [2.24, 2.45) is 5.28 Å². The fraction of sp³-hybridized carbons (Fsp3) is 1.00. The van der Waals surface area contributed by atoms with Crippen molar-refractivity contribution >= 4 is 0 Å². The predicted molar refractivity (Wildman–Crippen MR) is 54.0 cm³/mol. The molecule has 0 saturated carbocycles. The van der Waals surface area contributed by atoms with Crippen LogP contribution in [0, 0.1) is 5.21 Å². The Morgan fingerprint density at radius 3 is 3.00 bits per heavy atom. The normalized spacial score (nSPS) is 26.9. The second-order valence-corrected chi connectivity index (χ2v) is 3.76. The zero-order valence-electron chi connectivity index (χ0n) is 9.11. The Balaban J connectivity index is 2.45. The molecule has 1 saturated heterocycles. The molecule has 0 radical (unpaired) electrons. The molecule has 0 spiro atoms. The first-order valence-corrected chi connectivity index (χ1v) is 5.41. The maximum absolute atomic E-state index is 11.6. The maximum atomic E-state index is 11.6. The molecule has 6 nitrogen and oxygen atoms in total. The number of hydrogen-bond donors (Lipinski definition) is 2. The molecule has 2 N–H and O–H groups in total. The molecule has 15 heavy (non-hydrogen) atoms. The summed E-state index contributed by atoms with van der Waals surface area (Å²) in [5.74, 6) is 0. The van der Waals surface area contributed by atoms with Crippen molar-refractivity contribution < 1.29 is 14.8 Å². The first-order chi connectivity index (χ1) is 7.25. The van der Waals surface area contributed by atoms with Crippen LogP contribution in [0.25, 0.3) is 0 Å². The summed E-state index contributed by atoms with van der Waals surface area (Å²) in [4.78, 5) is 5.32. The topological polar surface area (TPSA) is 79.9 Å². The molecule has 0 aromatic rings. The highest BCUT2D eigenvalue weighted by molar-refractivity contribution is 4.81. The molecule has 6 heteroatoms. The number of aliphatic hydroxyl groups excluding tert-OH is 1. The minimum absolute atomic E-state index is 0.253. The molecule has 88 valence electrons. The Morgan fingerprint density at radius 2 is 2.47 bits per heavy atom. The van der Waals surface area contributed by atoms with E-state index in [0.717, 1.165) is 25.8 Å². The van der Waals surface area contributed by atoms with Crippen LogP contribution >= 0.6 is 0 Å². The molecule has 1 aliphatic heterocycles. The molecule has 1 heterocycles. The molecule has 0 aromatic carbocycles. The van der Waals surface area contributed by atoms with Crippen LogP contribution in [-0.4, -0.2) is 35.4 Å². The van der Waals surface area contributed by atoms with Gasteiger partial charge in [-0.2, -0.15) is 0 Å². The van der Waals surface area contributed by atoms with E-state index >= 15 is 0 Å². The van der Waals surface area contributed by atoms with Crippen LogP contribution in [0.2, 0.25) is 0 Å². The highest BCUT2D eigenvalue weighted by Gasteiger charge is 2.43. The van der Waals surface area contributed by atoms with Gasteiger partial charge in [-0.1, -0.05) is 13.3 Å². The third-order valence-electron chi connectivity index (χ3n) is 2.57. The Kier molecular flexibility index (Phi) is 4.77. The van der Waals surface area contributed by atoms with Crippen molar-refractivity contribution in [2.45, 2.75) is 38.3 Å². The van der Waals surface area contributed by atoms with Gasteiger partial charge in [0.25, 0.3) is 5.66 Å². The molecule has 0 bridgehead atoms. The average molecular weight is 217 g/mol. The van der Waals surface area contributed by atoms with Gasteiger partial charge >= 0.3 is 0 Å². The SMILES string of the molecule is CCCCON=[N+]([O-])[C@]1(CO)CCCN1. The van der Waals surface area contributed by atoms with E-state index in [2.05, 4.69) is 10.6 Å². The first-order valence-electron chi connectivity index (χ1n) is 5.41. The standard InChI is InChI=1S/C9H19N3O3/c1-2-3-7-15-11-12(14)9(8-13)5-4-6-10-9/h10,13H,2-8H2,1H3/t9-/m0/s1. The van der Waals surface area contributed by atoms with Gasteiger partial charge in [-0.25, -0.2) is 0 Å². The van der Waals surface area contributed by atoms with Crippen LogP contribution in [0.15, 0.2) is 5.28 Å². The van der Waals surface area contributed by atoms with Crippen LogP contribution in [0.1, 0.15) is 32.6 Å². The molecule has 1 atom stereocenters. The number of aliphatic hydroxyl groups is 1. The third-order valence-corrected chi connectivity index (χ3v) is 2.57. The number of hydroxylamine groups is 1. The van der Waals surface area contributed by atoms with Crippen molar-refractivity contribution in [3.63, 3.8) is 0 Å². The van der Waals surface area contributed by atoms with Crippen LogP contribution in [-0.2, 0) is 4.84 Å². The average Bonchev–Trinajstić information content (AvgIpc) is 2.74. The molecule has 0 aliphatic carbocycles. The van der Waals surface area contributed by atoms with Crippen molar-refractivity contribution in [1.29, 1.82) is 0 Å². The quantitative estimate of drug-likeness (QED) is 0.298. The van der Waals surface area contributed by atoms with Crippen molar-refractivity contribution in [1.82, 2.24) is 5.32 Å². The summed E-state index contributed by atoms with van der Waals surface area (Å²) in [5, 5.41) is 27.1. The molecule has 1 fully saturated rings. The van der Waals surface area contributed by atoms with Gasteiger partial charge in [0.15, 0.2) is 0 Å². The molecule has 0 unspecified atom stereocenters. The lowest BCUT2D eigenvalue weighted by molar-refractivity contribution is -0.641. The minimum Gasteiger partial charge on any atom is -0.596 e. The van der Waals surface area contributed by atoms with E-state index in [4.69, 9.17) is 9.94 Å². The summed E-state index contributed by atoms with van der Waals surface area (Å²) in [7, 11) is 0. The predicted octanol–water partition coefficient (Wildman–Crippen LogP) is 0.753. The number of hydrogen-bond acceptors (Lipinski definition) is 5. The van der Waals surface area contributed by atoms with Gasteiger partial charge in [0, 0.05) is 13.0 Å². The highest BCUT2D eigenvalue weighted by Crippen LogP contribution is 2.19. The lowest BCUT2D eigenvalue weighted by Gasteiger charge is -2.21. The van der Waals surface area contributed by atoms with E-state index in [1.54, 1.807) is 0 Å². The van der Waals surface area contributed by atoms with Gasteiger partial charge < -0.3 is 15.2 Å². The monoisotopic (exact) mass is 217 g/mol. The molecule has 0 aromatic heterocycles. The summed E-state index contributed by atoms with van der Waals surface area (Å²) >= 11 is 0. The Hall–Kier alpha value is -0.880. The van der Waals surface area contributed by atoms with Crippen LogP contribution < -0.4 is 5.32 Å². The van der Waals surface area contributed by atoms with E-state index in [0.29, 0.717) is 17.9 Å². The summed E-state index contributed by atoms with van der Waals surface area (Å²) in [5.41, 5.74) is -0.966. The van der Waals surface area contributed by atoms with Crippen LogP contribution in [0.3, 0.4) is 0 Å². The number of unbranched alkanes of at least 4 members (excludes halogenated alkanes) is 1. The van der Waals surface area contributed by atoms with Gasteiger partial charge in [0.2, 0.25) is 5.28 Å². The fourth-order valence-electron chi connectivity index (χ4n) is 1.53. The zero-order chi connectivity index (χ0) is 11.1. The van der Waals surface area contributed by atoms with Gasteiger partial charge in [-0.05, 0) is 17.7 Å². The van der Waals surface area contributed by atoms with Gasteiger partial charge in [-0.15, -0.1) is 0 Å². The Morgan fingerprint density at radius 1 is 1.67 bits per heavy atom. The molecular formula is C9H19N3O3. The molecule has 1 rings (SSSR count). The summed E-state index contributed by atoms with van der Waals surface area (Å²) in [6.45, 7) is 2.95. The largest absolute Gasteiger partial charge is 0.596 e. The Labute approximate surface area is 89.5 Å². The van der Waals surface area contributed by atoms with Gasteiger partial charge in [-0.3, -0.25) is 5.32 Å². The lowest BCUT2D eigenvalue weighted by Crippen LogP contribution is -2.51. The highest BCUT2D eigenvalue weighted by atomic mass is 16.7. The van der Waals surface area contributed by atoms with Gasteiger partial charge in [0.05, 0.1) is 0 Å². The summed E-state index contributed by atoms with van der Waals surface area (Å²) in [6, 6.07) is 0. The second kappa shape index (κ2) is 5.87. The van der Waals surface area contributed by atoms with Crippen LogP contribution in [0.4, 0.5) is 0 Å². The smallest absolute Gasteiger partial charge is 0.279 e. The molecular weight excluding hydrogens is 198 g/mol. The maximum Gasteiger partial charge on any atom is 0.279 e. The van der Waals surface area contributed by atoms with E-state index < -0.39 is 5.66 Å². The van der Waals surface area contributed by atoms with Crippen molar-refractivity contribution in [2.75, 3.05) is 19.8 Å². The second-order valence-electron chi connectivity index (χ2n) is 3.76. The fourth-order valence-corrected chi connectivity index (χ4v) is 1.53. The Bertz CT molecular complexity index is 215. The summed E-state index contributed by atoms with van der Waals surface area (Å²) < 4.78 is 0. The van der Waals surface area contributed by atoms with E-state index in [9.17, 15) is 5.21 Å². The number of nitrogens with zero attached hydrogens (tertiary/aromatic N) is 2. The van der Waals surface area contributed by atoms with E-state index in [1.165, 1.54) is 0 Å². The lowest BCUT2D eigenvalue weighted by atomic mass is 10.1. The van der Waals surface area contributed by atoms with E-state index in [-0.39, 0.29) is 6.61 Å². The summed E-state index contributed by atoms with van der Waals surface area (Å²) in [6.07, 6.45) is 3.33. The van der Waals surface area contributed by atoms with Crippen LogP contribution in [0.5, 0.6) is 0 Å². The molecule has 1 aliphatic rings. The number of nitrogens with one attached hydrogen (secondary N) is 1. The van der Waals surface area contributed by atoms with Crippen molar-refractivity contribution in [3.8, 4) is 0 Å². The van der Waals surface area contributed by atoms with Crippen molar-refractivity contribution in [3.05, 3.63) is 5.21 Å². The number of rotatable bonds is 6. The third kappa shape index (κ3) is 3.04. The zero-order valence-corrected chi connectivity index (χ0v) is 9.11. The molecule has 0 amide bonds. The van der Waals surface area contributed by atoms with Gasteiger partial charge in [0.1, 0.15) is 13.2 Å².